The smallest absolute Gasteiger partial charge is 0.418 e. The van der Waals surface area contributed by atoms with Crippen LogP contribution >= 0.6 is 0 Å². The lowest BCUT2D eigenvalue weighted by molar-refractivity contribution is -0.157. The van der Waals surface area contributed by atoms with Crippen molar-refractivity contribution in [3.63, 3.8) is 0 Å². The van der Waals surface area contributed by atoms with Crippen molar-refractivity contribution in [2.45, 2.75) is 58.9 Å². The van der Waals surface area contributed by atoms with Crippen LogP contribution in [0.1, 0.15) is 53.6 Å². The topological polar surface area (TPSA) is 80.6 Å². The zero-order valence-corrected chi connectivity index (χ0v) is 20.7. The summed E-state index contributed by atoms with van der Waals surface area (Å²) >= 11 is 0. The number of hydrogen-bond donors (Lipinski definition) is 2. The number of esters is 1. The second kappa shape index (κ2) is 10.1. The quantitative estimate of drug-likeness (QED) is 0.436. The van der Waals surface area contributed by atoms with E-state index in [1.54, 1.807) is 46.8 Å². The zero-order valence-electron chi connectivity index (χ0n) is 20.7. The van der Waals surface area contributed by atoms with Gasteiger partial charge in [-0.15, -0.1) is 0 Å². The second-order valence-electron chi connectivity index (χ2n) is 9.57. The van der Waals surface area contributed by atoms with Crippen LogP contribution in [0.15, 0.2) is 54.6 Å². The van der Waals surface area contributed by atoms with Crippen molar-refractivity contribution in [3.8, 4) is 11.4 Å². The number of carbonyl (C=O) groups excluding carboxylic acids is 2. The van der Waals surface area contributed by atoms with E-state index in [9.17, 15) is 27.9 Å². The number of aromatic hydroxyl groups is 1. The van der Waals surface area contributed by atoms with E-state index in [-0.39, 0.29) is 23.4 Å². The van der Waals surface area contributed by atoms with Gasteiger partial charge in [-0.25, -0.2) is 4.79 Å². The number of carbonyl (C=O) groups is 2. The number of phenols is 1. The van der Waals surface area contributed by atoms with Gasteiger partial charge in [-0.05, 0) is 70.5 Å². The third kappa shape index (κ3) is 6.27. The number of benzene rings is 2. The number of aryl methyl sites for hydroxylation is 1. The van der Waals surface area contributed by atoms with Crippen LogP contribution < -0.4 is 5.32 Å². The van der Waals surface area contributed by atoms with Crippen molar-refractivity contribution >= 4 is 11.9 Å². The van der Waals surface area contributed by atoms with Gasteiger partial charge in [0.2, 0.25) is 0 Å². The van der Waals surface area contributed by atoms with E-state index >= 15 is 0 Å². The number of ether oxygens (including phenoxy) is 1. The number of nitrogens with zero attached hydrogens (tertiary/aromatic N) is 1. The first-order chi connectivity index (χ1) is 16.7. The molecule has 3 aromatic rings. The van der Waals surface area contributed by atoms with Crippen molar-refractivity contribution in [1.29, 1.82) is 0 Å². The second-order valence-corrected chi connectivity index (χ2v) is 9.57. The van der Waals surface area contributed by atoms with Crippen LogP contribution in [0, 0.1) is 13.8 Å². The number of phenolic OH excluding ortho intramolecular Hbond substituents is 1. The van der Waals surface area contributed by atoms with Gasteiger partial charge in [0.25, 0.3) is 5.91 Å². The number of alkyl halides is 3. The molecular formula is C27H29F3N2O4. The van der Waals surface area contributed by atoms with Crippen LogP contribution in [0.2, 0.25) is 0 Å². The van der Waals surface area contributed by atoms with Gasteiger partial charge in [-0.1, -0.05) is 24.3 Å². The van der Waals surface area contributed by atoms with Gasteiger partial charge in [0.1, 0.15) is 17.4 Å². The largest absolute Gasteiger partial charge is 0.508 e. The number of nitrogens with one attached hydrogen (secondary N) is 1. The minimum atomic E-state index is -4.58. The maximum absolute atomic E-state index is 13.6. The lowest BCUT2D eigenvalue weighted by Gasteiger charge is -2.25. The van der Waals surface area contributed by atoms with E-state index in [0.29, 0.717) is 17.0 Å². The predicted octanol–water partition coefficient (Wildman–Crippen LogP) is 5.50. The fourth-order valence-corrected chi connectivity index (χ4v) is 3.94. The molecule has 0 aliphatic heterocycles. The third-order valence-electron chi connectivity index (χ3n) is 5.50. The Balaban J connectivity index is 1.95. The molecule has 2 aromatic carbocycles. The summed E-state index contributed by atoms with van der Waals surface area (Å²) in [6, 6.07) is 11.8. The molecule has 0 fully saturated rings. The molecule has 9 heteroatoms. The molecule has 3 rings (SSSR count). The molecule has 0 aliphatic rings. The summed E-state index contributed by atoms with van der Waals surface area (Å²) in [5, 5.41) is 12.2. The minimum Gasteiger partial charge on any atom is -0.508 e. The number of para-hydroxylation sites is 1. The number of halogens is 3. The third-order valence-corrected chi connectivity index (χ3v) is 5.50. The molecule has 2 N–H and O–H groups in total. The van der Waals surface area contributed by atoms with E-state index in [0.717, 1.165) is 6.07 Å². The molecule has 1 atom stereocenters. The summed E-state index contributed by atoms with van der Waals surface area (Å²) in [6.45, 7) is 8.28. The molecule has 1 aromatic heterocycles. The summed E-state index contributed by atoms with van der Waals surface area (Å²) in [6.07, 6.45) is -4.48. The average molecular weight is 503 g/mol. The Hall–Kier alpha value is -3.75. The molecule has 0 radical (unpaired) electrons. The molecule has 192 valence electrons. The van der Waals surface area contributed by atoms with Crippen LogP contribution in [0.5, 0.6) is 5.75 Å². The summed E-state index contributed by atoms with van der Waals surface area (Å²) in [4.78, 5) is 26.2. The maximum atomic E-state index is 13.6. The fraction of sp³-hybridized carbons (Fsp3) is 0.333. The summed E-state index contributed by atoms with van der Waals surface area (Å²) in [7, 11) is 0. The molecule has 1 amide bonds. The van der Waals surface area contributed by atoms with Gasteiger partial charge in [0.05, 0.1) is 16.8 Å². The molecule has 36 heavy (non-hydrogen) atoms. The number of hydrogen-bond acceptors (Lipinski definition) is 4. The van der Waals surface area contributed by atoms with Crippen molar-refractivity contribution in [1.82, 2.24) is 9.88 Å². The Bertz CT molecular complexity index is 1260. The van der Waals surface area contributed by atoms with Gasteiger partial charge < -0.3 is 19.7 Å². The first-order valence-electron chi connectivity index (χ1n) is 11.3. The van der Waals surface area contributed by atoms with Gasteiger partial charge in [-0.3, -0.25) is 4.79 Å². The predicted molar refractivity (Wildman–Crippen MR) is 129 cm³/mol. The van der Waals surface area contributed by atoms with Crippen molar-refractivity contribution in [2.24, 2.45) is 0 Å². The molecule has 0 saturated carbocycles. The molecular weight excluding hydrogens is 473 g/mol. The Morgan fingerprint density at radius 1 is 1.03 bits per heavy atom. The van der Waals surface area contributed by atoms with Crippen LogP contribution in [0.4, 0.5) is 13.2 Å². The normalized spacial score (nSPS) is 12.8. The average Bonchev–Trinajstić information content (AvgIpc) is 3.06. The van der Waals surface area contributed by atoms with E-state index in [4.69, 9.17) is 4.74 Å². The highest BCUT2D eigenvalue weighted by Gasteiger charge is 2.35. The van der Waals surface area contributed by atoms with Crippen LogP contribution in [0.3, 0.4) is 0 Å². The summed E-state index contributed by atoms with van der Waals surface area (Å²) in [5.41, 5.74) is -0.163. The van der Waals surface area contributed by atoms with Crippen LogP contribution in [-0.2, 0) is 22.1 Å². The highest BCUT2D eigenvalue weighted by atomic mass is 19.4. The summed E-state index contributed by atoms with van der Waals surface area (Å²) < 4.78 is 47.7. The first kappa shape index (κ1) is 26.8. The lowest BCUT2D eigenvalue weighted by Crippen LogP contribution is -2.45. The van der Waals surface area contributed by atoms with Gasteiger partial charge in [0.15, 0.2) is 0 Å². The van der Waals surface area contributed by atoms with E-state index in [2.05, 4.69) is 5.32 Å². The molecule has 0 spiro atoms. The van der Waals surface area contributed by atoms with E-state index in [1.807, 2.05) is 0 Å². The molecule has 6 nitrogen and oxygen atoms in total. The standard InChI is InChI=1S/C27H29F3N2O4/c1-16-14-20(17(2)32(16)23-9-7-6-8-21(23)27(28,29)30)24(34)31-22(25(35)36-26(3,4)5)15-18-10-12-19(33)13-11-18/h6-14,22,33H,15H2,1-5H3,(H,31,34). The Labute approximate surface area is 207 Å². The molecule has 0 saturated heterocycles. The van der Waals surface area contributed by atoms with Crippen LogP contribution in [0.25, 0.3) is 5.69 Å². The fourth-order valence-electron chi connectivity index (χ4n) is 3.94. The molecule has 1 heterocycles. The van der Waals surface area contributed by atoms with Crippen molar-refractivity contribution < 1.29 is 32.6 Å². The SMILES string of the molecule is Cc1cc(C(=O)NC(Cc2ccc(O)cc2)C(=O)OC(C)(C)C)c(C)n1-c1ccccc1C(F)(F)F. The molecule has 1 unspecified atom stereocenters. The lowest BCUT2D eigenvalue weighted by atomic mass is 10.0. The van der Waals surface area contributed by atoms with Crippen LogP contribution in [-0.4, -0.2) is 33.2 Å². The Morgan fingerprint density at radius 2 is 1.64 bits per heavy atom. The number of amides is 1. The van der Waals surface area contributed by atoms with Gasteiger partial charge in [0, 0.05) is 17.8 Å². The number of aromatic nitrogens is 1. The molecule has 0 aliphatic carbocycles. The maximum Gasteiger partial charge on any atom is 0.418 e. The number of rotatable bonds is 6. The van der Waals surface area contributed by atoms with E-state index in [1.165, 1.54) is 41.0 Å². The highest BCUT2D eigenvalue weighted by molar-refractivity contribution is 5.98. The first-order valence-corrected chi connectivity index (χ1v) is 11.3. The minimum absolute atomic E-state index is 0.0585. The van der Waals surface area contributed by atoms with E-state index < -0.39 is 35.3 Å². The van der Waals surface area contributed by atoms with Crippen molar-refractivity contribution in [3.05, 3.63) is 82.7 Å². The highest BCUT2D eigenvalue weighted by Crippen LogP contribution is 2.35. The summed E-state index contributed by atoms with van der Waals surface area (Å²) in [5.74, 6) is -1.21. The zero-order chi connectivity index (χ0) is 26.8. The Morgan fingerprint density at radius 3 is 2.22 bits per heavy atom. The monoisotopic (exact) mass is 502 g/mol. The Kier molecular flexibility index (Phi) is 7.52. The molecule has 0 bridgehead atoms. The van der Waals surface area contributed by atoms with Gasteiger partial charge in [-0.2, -0.15) is 13.2 Å². The van der Waals surface area contributed by atoms with Gasteiger partial charge >= 0.3 is 12.1 Å². The van der Waals surface area contributed by atoms with Crippen molar-refractivity contribution in [2.75, 3.05) is 0 Å².